The van der Waals surface area contributed by atoms with E-state index in [1.165, 1.54) is 32.1 Å². The van der Waals surface area contributed by atoms with Crippen molar-refractivity contribution in [2.75, 3.05) is 19.6 Å². The maximum absolute atomic E-state index is 12.9. The molecular formula is C16H28N2O. The fraction of sp³-hybridized carbons (Fsp3) is 0.938. The normalized spacial score (nSPS) is 39.6. The zero-order valence-corrected chi connectivity index (χ0v) is 12.2. The van der Waals surface area contributed by atoms with Gasteiger partial charge in [0.15, 0.2) is 0 Å². The highest BCUT2D eigenvalue weighted by Gasteiger charge is 2.51. The summed E-state index contributed by atoms with van der Waals surface area (Å²) in [7, 11) is 0. The molecule has 0 atom stereocenters. The molecule has 3 nitrogen and oxygen atoms in total. The molecule has 0 aliphatic heterocycles. The molecule has 4 saturated carbocycles. The van der Waals surface area contributed by atoms with E-state index in [0.29, 0.717) is 30.2 Å². The highest BCUT2D eigenvalue weighted by molar-refractivity contribution is 5.80. The lowest BCUT2D eigenvalue weighted by Crippen LogP contribution is -2.52. The molecule has 0 aromatic rings. The SMILES string of the molecule is CCCN(CCN)C(=O)C1C2CC3CC(C2)CC1C3. The average molecular weight is 264 g/mol. The van der Waals surface area contributed by atoms with Crippen LogP contribution in [0.4, 0.5) is 0 Å². The Morgan fingerprint density at radius 2 is 1.63 bits per heavy atom. The van der Waals surface area contributed by atoms with E-state index in [4.69, 9.17) is 5.73 Å². The summed E-state index contributed by atoms with van der Waals surface area (Å²) in [6.45, 7) is 4.38. The first-order valence-electron chi connectivity index (χ1n) is 8.21. The number of carbonyl (C=O) groups is 1. The van der Waals surface area contributed by atoms with Crippen LogP contribution in [-0.4, -0.2) is 30.4 Å². The maximum Gasteiger partial charge on any atom is 0.226 e. The molecule has 4 aliphatic carbocycles. The fourth-order valence-corrected chi connectivity index (χ4v) is 5.30. The van der Waals surface area contributed by atoms with Crippen molar-refractivity contribution < 1.29 is 4.79 Å². The van der Waals surface area contributed by atoms with Crippen LogP contribution < -0.4 is 5.73 Å². The van der Waals surface area contributed by atoms with Crippen molar-refractivity contribution in [1.82, 2.24) is 4.90 Å². The number of hydrogen-bond donors (Lipinski definition) is 1. The Balaban J connectivity index is 1.72. The molecule has 0 aromatic heterocycles. The molecule has 4 aliphatic rings. The van der Waals surface area contributed by atoms with Crippen molar-refractivity contribution in [2.45, 2.75) is 45.4 Å². The zero-order valence-electron chi connectivity index (χ0n) is 12.2. The van der Waals surface area contributed by atoms with E-state index in [2.05, 4.69) is 6.92 Å². The van der Waals surface area contributed by atoms with Crippen LogP contribution in [-0.2, 0) is 4.79 Å². The summed E-state index contributed by atoms with van der Waals surface area (Å²) in [5.74, 6) is 4.05. The van der Waals surface area contributed by atoms with Crippen molar-refractivity contribution in [3.63, 3.8) is 0 Å². The van der Waals surface area contributed by atoms with E-state index >= 15 is 0 Å². The Hall–Kier alpha value is -0.570. The first-order chi connectivity index (χ1) is 9.22. The van der Waals surface area contributed by atoms with Crippen LogP contribution in [0.5, 0.6) is 0 Å². The molecule has 3 heteroatoms. The number of rotatable bonds is 5. The van der Waals surface area contributed by atoms with Gasteiger partial charge in [-0.2, -0.15) is 0 Å². The van der Waals surface area contributed by atoms with Crippen LogP contribution in [0.3, 0.4) is 0 Å². The lowest BCUT2D eigenvalue weighted by molar-refractivity contribution is -0.149. The highest BCUT2D eigenvalue weighted by atomic mass is 16.2. The third kappa shape index (κ3) is 2.42. The van der Waals surface area contributed by atoms with Crippen molar-refractivity contribution in [2.24, 2.45) is 35.3 Å². The predicted octanol–water partition coefficient (Wildman–Crippen LogP) is 2.26. The summed E-state index contributed by atoms with van der Waals surface area (Å²) >= 11 is 0. The smallest absolute Gasteiger partial charge is 0.226 e. The Morgan fingerprint density at radius 1 is 1.05 bits per heavy atom. The molecular weight excluding hydrogens is 236 g/mol. The molecule has 0 aromatic carbocycles. The van der Waals surface area contributed by atoms with Crippen LogP contribution in [0.2, 0.25) is 0 Å². The van der Waals surface area contributed by atoms with Gasteiger partial charge in [-0.05, 0) is 62.2 Å². The first kappa shape index (κ1) is 13.4. The van der Waals surface area contributed by atoms with Gasteiger partial charge < -0.3 is 10.6 Å². The topological polar surface area (TPSA) is 46.3 Å². The number of carbonyl (C=O) groups excluding carboxylic acids is 1. The second-order valence-corrected chi connectivity index (χ2v) is 7.07. The average Bonchev–Trinajstić information content (AvgIpc) is 2.37. The molecule has 0 saturated heterocycles. The largest absolute Gasteiger partial charge is 0.341 e. The zero-order chi connectivity index (χ0) is 13.4. The molecule has 19 heavy (non-hydrogen) atoms. The van der Waals surface area contributed by atoms with Crippen molar-refractivity contribution in [1.29, 1.82) is 0 Å². The molecule has 4 bridgehead atoms. The molecule has 2 N–H and O–H groups in total. The van der Waals surface area contributed by atoms with Gasteiger partial charge in [-0.3, -0.25) is 4.79 Å². The molecule has 4 rings (SSSR count). The lowest BCUT2D eigenvalue weighted by atomic mass is 9.51. The molecule has 0 unspecified atom stereocenters. The summed E-state index contributed by atoms with van der Waals surface area (Å²) in [4.78, 5) is 14.9. The minimum absolute atomic E-state index is 0.339. The molecule has 4 fully saturated rings. The second kappa shape index (κ2) is 5.43. The van der Waals surface area contributed by atoms with Gasteiger partial charge in [-0.25, -0.2) is 0 Å². The minimum atomic E-state index is 0.339. The van der Waals surface area contributed by atoms with Crippen LogP contribution >= 0.6 is 0 Å². The summed E-state index contributed by atoms with van der Waals surface area (Å²) in [6.07, 6.45) is 7.80. The van der Waals surface area contributed by atoms with E-state index in [1.54, 1.807) is 0 Å². The van der Waals surface area contributed by atoms with Gasteiger partial charge in [-0.1, -0.05) is 6.92 Å². The summed E-state index contributed by atoms with van der Waals surface area (Å²) < 4.78 is 0. The number of nitrogens with two attached hydrogens (primary N) is 1. The predicted molar refractivity (Wildman–Crippen MR) is 76.5 cm³/mol. The van der Waals surface area contributed by atoms with E-state index in [0.717, 1.165) is 31.3 Å². The van der Waals surface area contributed by atoms with E-state index in [-0.39, 0.29) is 0 Å². The molecule has 0 heterocycles. The molecule has 1 amide bonds. The molecule has 0 radical (unpaired) electrons. The van der Waals surface area contributed by atoms with Gasteiger partial charge >= 0.3 is 0 Å². The third-order valence-electron chi connectivity index (χ3n) is 5.72. The minimum Gasteiger partial charge on any atom is -0.341 e. The monoisotopic (exact) mass is 264 g/mol. The van der Waals surface area contributed by atoms with Gasteiger partial charge in [0.2, 0.25) is 5.91 Å². The molecule has 0 spiro atoms. The van der Waals surface area contributed by atoms with Gasteiger partial charge in [0.1, 0.15) is 0 Å². The van der Waals surface area contributed by atoms with Gasteiger partial charge in [0.05, 0.1) is 0 Å². The van der Waals surface area contributed by atoms with Gasteiger partial charge in [0, 0.05) is 25.6 Å². The first-order valence-corrected chi connectivity index (χ1v) is 8.21. The van der Waals surface area contributed by atoms with Gasteiger partial charge in [0.25, 0.3) is 0 Å². The Labute approximate surface area is 116 Å². The Kier molecular flexibility index (Phi) is 3.84. The lowest BCUT2D eigenvalue weighted by Gasteiger charge is -2.54. The fourth-order valence-electron chi connectivity index (χ4n) is 5.30. The number of nitrogens with zero attached hydrogens (tertiary/aromatic N) is 1. The summed E-state index contributed by atoms with van der Waals surface area (Å²) in [6, 6.07) is 0. The van der Waals surface area contributed by atoms with E-state index in [1.807, 2.05) is 4.90 Å². The standard InChI is InChI=1S/C16H28N2O/c1-2-4-18(5-3-17)16(19)15-13-7-11-6-12(9-13)10-14(15)8-11/h11-15H,2-10,17H2,1H3. The molecule has 108 valence electrons. The van der Waals surface area contributed by atoms with Crippen molar-refractivity contribution >= 4 is 5.91 Å². The van der Waals surface area contributed by atoms with Crippen LogP contribution in [0.25, 0.3) is 0 Å². The van der Waals surface area contributed by atoms with Crippen molar-refractivity contribution in [3.8, 4) is 0 Å². The van der Waals surface area contributed by atoms with E-state index < -0.39 is 0 Å². The highest BCUT2D eigenvalue weighted by Crippen LogP contribution is 2.56. The van der Waals surface area contributed by atoms with E-state index in [9.17, 15) is 4.79 Å². The quantitative estimate of drug-likeness (QED) is 0.828. The van der Waals surface area contributed by atoms with Crippen LogP contribution in [0.1, 0.15) is 45.4 Å². The van der Waals surface area contributed by atoms with Gasteiger partial charge in [-0.15, -0.1) is 0 Å². The third-order valence-corrected chi connectivity index (χ3v) is 5.72. The van der Waals surface area contributed by atoms with Crippen LogP contribution in [0, 0.1) is 29.6 Å². The summed E-state index contributed by atoms with van der Waals surface area (Å²) in [5.41, 5.74) is 5.68. The van der Waals surface area contributed by atoms with Crippen molar-refractivity contribution in [3.05, 3.63) is 0 Å². The second-order valence-electron chi connectivity index (χ2n) is 7.07. The maximum atomic E-state index is 12.9. The number of amides is 1. The number of hydrogen-bond acceptors (Lipinski definition) is 2. The Bertz CT molecular complexity index is 308. The van der Waals surface area contributed by atoms with Crippen LogP contribution in [0.15, 0.2) is 0 Å². The Morgan fingerprint density at radius 3 is 2.11 bits per heavy atom. The summed E-state index contributed by atoms with van der Waals surface area (Å²) in [5, 5.41) is 0.